The van der Waals surface area contributed by atoms with Gasteiger partial charge >= 0.3 is 6.09 Å². The molecule has 1 N–H and O–H groups in total. The lowest BCUT2D eigenvalue weighted by Gasteiger charge is -2.32. The zero-order chi connectivity index (χ0) is 23.7. The lowest BCUT2D eigenvalue weighted by Crippen LogP contribution is -2.44. The topological polar surface area (TPSA) is 93.7 Å². The first-order valence-electron chi connectivity index (χ1n) is 11.0. The van der Waals surface area contributed by atoms with E-state index in [0.717, 1.165) is 21.7 Å². The Labute approximate surface area is 206 Å². The third-order valence-electron chi connectivity index (χ3n) is 5.95. The van der Waals surface area contributed by atoms with Crippen LogP contribution in [-0.2, 0) is 11.3 Å². The molecule has 3 aromatic rings. The number of ether oxygens (including phenoxy) is 2. The number of amides is 2. The van der Waals surface area contributed by atoms with Gasteiger partial charge in [0.15, 0.2) is 0 Å². The van der Waals surface area contributed by atoms with Gasteiger partial charge in [0.1, 0.15) is 24.2 Å². The number of piperidine rings is 1. The highest BCUT2D eigenvalue weighted by molar-refractivity contribution is 7.09. The number of hydrogen-bond donors (Lipinski definition) is 1. The Bertz CT molecular complexity index is 1220. The number of nitrogens with zero attached hydrogens (tertiary/aromatic N) is 3. The summed E-state index contributed by atoms with van der Waals surface area (Å²) in [6.45, 7) is 3.26. The summed E-state index contributed by atoms with van der Waals surface area (Å²) in [5, 5.41) is 3.54. The lowest BCUT2D eigenvalue weighted by atomic mass is 10.0. The number of fused-ring (bicyclic) bond motifs is 1. The maximum absolute atomic E-state index is 12.8. The van der Waals surface area contributed by atoms with Gasteiger partial charge in [-0.15, -0.1) is 0 Å². The summed E-state index contributed by atoms with van der Waals surface area (Å²) >= 11 is 7.29. The molecule has 2 aliphatic heterocycles. The van der Waals surface area contributed by atoms with Crippen LogP contribution in [0.1, 0.15) is 34.6 Å². The van der Waals surface area contributed by atoms with E-state index < -0.39 is 0 Å². The monoisotopic (exact) mass is 498 g/mol. The number of nitrogens with one attached hydrogen (secondary N) is 1. The minimum Gasteiger partial charge on any atom is -0.489 e. The average molecular weight is 499 g/mol. The first-order chi connectivity index (χ1) is 16.5. The van der Waals surface area contributed by atoms with E-state index in [1.165, 1.54) is 11.5 Å². The molecule has 2 saturated heterocycles. The predicted octanol–water partition coefficient (Wildman–Crippen LogP) is 4.46. The molecule has 2 aliphatic rings. The molecule has 2 fully saturated rings. The molecule has 0 aliphatic carbocycles. The molecule has 8 nitrogen and oxygen atoms in total. The van der Waals surface area contributed by atoms with Crippen molar-refractivity contribution in [2.24, 2.45) is 0 Å². The summed E-state index contributed by atoms with van der Waals surface area (Å²) in [7, 11) is 0. The molecular weight excluding hydrogens is 476 g/mol. The number of pyridine rings is 1. The lowest BCUT2D eigenvalue weighted by molar-refractivity contribution is 0.0915. The normalized spacial score (nSPS) is 19.5. The van der Waals surface area contributed by atoms with Gasteiger partial charge in [-0.25, -0.2) is 4.79 Å². The highest BCUT2D eigenvalue weighted by atomic mass is 35.5. The predicted molar refractivity (Wildman–Crippen MR) is 128 cm³/mol. The van der Waals surface area contributed by atoms with Crippen molar-refractivity contribution in [1.82, 2.24) is 19.6 Å². The van der Waals surface area contributed by atoms with Crippen molar-refractivity contribution in [1.29, 1.82) is 0 Å². The largest absolute Gasteiger partial charge is 0.489 e. The van der Waals surface area contributed by atoms with Crippen LogP contribution in [0.2, 0.25) is 5.02 Å². The summed E-state index contributed by atoms with van der Waals surface area (Å²) < 4.78 is 15.9. The minimum absolute atomic E-state index is 0.0179. The van der Waals surface area contributed by atoms with E-state index in [1.54, 1.807) is 29.3 Å². The van der Waals surface area contributed by atoms with Gasteiger partial charge in [0, 0.05) is 43.2 Å². The number of carbonyl (C=O) groups excluding carboxylic acids is 2. The second-order valence-electron chi connectivity index (χ2n) is 8.40. The van der Waals surface area contributed by atoms with Crippen LogP contribution in [0.15, 0.2) is 42.6 Å². The van der Waals surface area contributed by atoms with Crippen molar-refractivity contribution in [3.63, 3.8) is 0 Å². The average Bonchev–Trinajstić information content (AvgIpc) is 3.43. The summed E-state index contributed by atoms with van der Waals surface area (Å²) in [5.74, 6) is 0.287. The summed E-state index contributed by atoms with van der Waals surface area (Å²) in [6.07, 6.45) is 2.67. The molecule has 4 heterocycles. The molecule has 0 unspecified atom stereocenters. The first-order valence-corrected chi connectivity index (χ1v) is 12.2. The minimum atomic E-state index is -0.295. The molecule has 176 valence electrons. The van der Waals surface area contributed by atoms with E-state index in [0.29, 0.717) is 43.3 Å². The number of hydrogen-bond acceptors (Lipinski definition) is 7. The molecule has 2 aromatic heterocycles. The van der Waals surface area contributed by atoms with E-state index in [9.17, 15) is 9.59 Å². The molecule has 5 rings (SSSR count). The molecule has 0 radical (unpaired) electrons. The molecule has 34 heavy (non-hydrogen) atoms. The van der Waals surface area contributed by atoms with Crippen LogP contribution in [0.25, 0.3) is 10.4 Å². The van der Waals surface area contributed by atoms with Crippen LogP contribution in [0.5, 0.6) is 5.75 Å². The number of rotatable bonds is 6. The van der Waals surface area contributed by atoms with Gasteiger partial charge in [-0.05, 0) is 42.2 Å². The quantitative estimate of drug-likeness (QED) is 0.539. The highest BCUT2D eigenvalue weighted by Crippen LogP contribution is 2.36. The van der Waals surface area contributed by atoms with Gasteiger partial charge in [0.05, 0.1) is 22.2 Å². The number of aromatic nitrogens is 2. The maximum atomic E-state index is 12.8. The number of benzene rings is 1. The molecule has 2 amide bonds. The van der Waals surface area contributed by atoms with Crippen LogP contribution >= 0.6 is 23.1 Å². The fourth-order valence-corrected chi connectivity index (χ4v) is 5.05. The van der Waals surface area contributed by atoms with Gasteiger partial charge in [0.2, 0.25) is 0 Å². The second-order valence-corrected chi connectivity index (χ2v) is 9.64. The Balaban J connectivity index is 1.35. The Hall–Kier alpha value is -3.17. The fourth-order valence-electron chi connectivity index (χ4n) is 4.16. The van der Waals surface area contributed by atoms with Crippen LogP contribution in [0.3, 0.4) is 0 Å². The smallest absolute Gasteiger partial charge is 0.410 e. The van der Waals surface area contributed by atoms with Crippen molar-refractivity contribution in [2.75, 3.05) is 13.2 Å². The molecular formula is C24H23ClN4O4S. The van der Waals surface area contributed by atoms with E-state index in [-0.39, 0.29) is 29.8 Å². The van der Waals surface area contributed by atoms with Gasteiger partial charge < -0.3 is 19.7 Å². The molecule has 0 bridgehead atoms. The number of cyclic esters (lactones) is 1. The zero-order valence-corrected chi connectivity index (χ0v) is 20.1. The van der Waals surface area contributed by atoms with Crippen LogP contribution in [0.4, 0.5) is 4.79 Å². The number of aryl methyl sites for hydroxylation is 1. The van der Waals surface area contributed by atoms with Gasteiger partial charge in [0.25, 0.3) is 5.91 Å². The highest BCUT2D eigenvalue weighted by Gasteiger charge is 2.39. The Morgan fingerprint density at radius 3 is 2.91 bits per heavy atom. The molecule has 0 spiro atoms. The van der Waals surface area contributed by atoms with E-state index in [2.05, 4.69) is 14.7 Å². The molecule has 10 heteroatoms. The summed E-state index contributed by atoms with van der Waals surface area (Å²) in [5.41, 5.74) is 2.91. The second kappa shape index (κ2) is 9.60. The third kappa shape index (κ3) is 4.85. The van der Waals surface area contributed by atoms with Crippen molar-refractivity contribution in [3.05, 3.63) is 64.6 Å². The standard InChI is InChI=1S/C24H23ClN4O4S/c1-14-8-22(34-28-14)19-12-26-20(23(30)27-11-15-2-4-16(25)5-3-15)10-21(19)33-18-6-7-29-17(9-18)13-32-24(29)31/h2-5,8,10,12,17-18H,6-7,9,11,13H2,1H3,(H,27,30)/t17-,18-/m0/s1. The van der Waals surface area contributed by atoms with E-state index in [1.807, 2.05) is 25.1 Å². The number of carbonyl (C=O) groups is 2. The van der Waals surface area contributed by atoms with Crippen molar-refractivity contribution in [3.8, 4) is 16.2 Å². The zero-order valence-electron chi connectivity index (χ0n) is 18.5. The number of halogens is 1. The van der Waals surface area contributed by atoms with Crippen LogP contribution < -0.4 is 10.1 Å². The summed E-state index contributed by atoms with van der Waals surface area (Å²) in [6, 6.07) is 11.0. The van der Waals surface area contributed by atoms with Crippen molar-refractivity contribution >= 4 is 35.1 Å². The van der Waals surface area contributed by atoms with Crippen molar-refractivity contribution < 1.29 is 19.1 Å². The summed E-state index contributed by atoms with van der Waals surface area (Å²) in [4.78, 5) is 31.7. The van der Waals surface area contributed by atoms with Gasteiger partial charge in [-0.2, -0.15) is 4.37 Å². The molecule has 2 atom stereocenters. The van der Waals surface area contributed by atoms with Crippen LogP contribution in [-0.4, -0.2) is 51.6 Å². The molecule has 1 aromatic carbocycles. The van der Waals surface area contributed by atoms with E-state index in [4.69, 9.17) is 21.1 Å². The SMILES string of the molecule is Cc1cc(-c2cnc(C(=O)NCc3ccc(Cl)cc3)cc2O[C@H]2CCN3C(=O)OC[C@@H]3C2)sn1. The Morgan fingerprint density at radius 2 is 2.15 bits per heavy atom. The first kappa shape index (κ1) is 22.6. The van der Waals surface area contributed by atoms with Crippen molar-refractivity contribution in [2.45, 2.75) is 38.5 Å². The van der Waals surface area contributed by atoms with E-state index >= 15 is 0 Å². The fraction of sp³-hybridized carbons (Fsp3) is 0.333. The maximum Gasteiger partial charge on any atom is 0.410 e. The molecule has 0 saturated carbocycles. The Morgan fingerprint density at radius 1 is 1.32 bits per heavy atom. The van der Waals surface area contributed by atoms with Crippen LogP contribution in [0, 0.1) is 6.92 Å². The van der Waals surface area contributed by atoms with Gasteiger partial charge in [-0.3, -0.25) is 9.78 Å². The Kier molecular flexibility index (Phi) is 6.38. The van der Waals surface area contributed by atoms with Gasteiger partial charge in [-0.1, -0.05) is 23.7 Å². The third-order valence-corrected chi connectivity index (χ3v) is 7.12.